The van der Waals surface area contributed by atoms with Crippen LogP contribution in [0.2, 0.25) is 0 Å². The van der Waals surface area contributed by atoms with Crippen LogP contribution in [-0.2, 0) is 4.74 Å². The molecule has 2 atom stereocenters. The molecule has 0 aromatic heterocycles. The summed E-state index contributed by atoms with van der Waals surface area (Å²) in [4.78, 5) is 13.9. The zero-order chi connectivity index (χ0) is 12.5. The molecule has 0 radical (unpaired) electrons. The Bertz CT molecular complexity index is 272. The van der Waals surface area contributed by atoms with E-state index in [2.05, 4.69) is 5.32 Å². The van der Waals surface area contributed by atoms with Gasteiger partial charge in [0.15, 0.2) is 0 Å². The molecule has 0 bridgehead atoms. The van der Waals surface area contributed by atoms with Crippen LogP contribution in [0.1, 0.15) is 33.6 Å². The number of hydrogen-bond acceptors (Lipinski definition) is 3. The predicted molar refractivity (Wildman–Crippen MR) is 66.9 cm³/mol. The van der Waals surface area contributed by atoms with Gasteiger partial charge in [0.2, 0.25) is 0 Å². The lowest BCUT2D eigenvalue weighted by Crippen LogP contribution is -2.36. The third kappa shape index (κ3) is 3.35. The Morgan fingerprint density at radius 1 is 1.18 bits per heavy atom. The number of amides is 1. The molecule has 2 heterocycles. The molecule has 98 valence electrons. The maximum absolute atomic E-state index is 12.0. The molecular formula is C13H24N2O2. The predicted octanol–water partition coefficient (Wildman–Crippen LogP) is 1.85. The van der Waals surface area contributed by atoms with Gasteiger partial charge in [0.25, 0.3) is 0 Å². The number of fused-ring (bicyclic) bond motifs is 1. The van der Waals surface area contributed by atoms with E-state index in [1.54, 1.807) is 0 Å². The van der Waals surface area contributed by atoms with Crippen molar-refractivity contribution in [2.75, 3.05) is 26.2 Å². The lowest BCUT2D eigenvalue weighted by Gasteiger charge is -2.24. The molecule has 2 fully saturated rings. The van der Waals surface area contributed by atoms with E-state index in [4.69, 9.17) is 4.74 Å². The van der Waals surface area contributed by atoms with Crippen molar-refractivity contribution < 1.29 is 9.53 Å². The topological polar surface area (TPSA) is 41.6 Å². The van der Waals surface area contributed by atoms with Crippen molar-refractivity contribution in [1.29, 1.82) is 0 Å². The first-order valence-electron chi connectivity index (χ1n) is 6.64. The van der Waals surface area contributed by atoms with Crippen molar-refractivity contribution in [1.82, 2.24) is 10.2 Å². The lowest BCUT2D eigenvalue weighted by molar-refractivity contribution is 0.0282. The van der Waals surface area contributed by atoms with Gasteiger partial charge >= 0.3 is 6.09 Å². The number of nitrogens with one attached hydrogen (secondary N) is 1. The van der Waals surface area contributed by atoms with Gasteiger partial charge in [0, 0.05) is 13.1 Å². The van der Waals surface area contributed by atoms with Crippen LogP contribution in [0.3, 0.4) is 0 Å². The monoisotopic (exact) mass is 240 g/mol. The van der Waals surface area contributed by atoms with Crippen LogP contribution in [0, 0.1) is 11.8 Å². The Hall–Kier alpha value is -0.770. The normalized spacial score (nSPS) is 29.7. The molecule has 0 aromatic carbocycles. The number of likely N-dealkylation sites (tertiary alicyclic amines) is 1. The highest BCUT2D eigenvalue weighted by Gasteiger charge is 2.37. The van der Waals surface area contributed by atoms with E-state index in [0.29, 0.717) is 11.8 Å². The summed E-state index contributed by atoms with van der Waals surface area (Å²) in [6.45, 7) is 9.68. The molecule has 2 rings (SSSR count). The van der Waals surface area contributed by atoms with Gasteiger partial charge in [-0.3, -0.25) is 0 Å². The average molecular weight is 240 g/mol. The highest BCUT2D eigenvalue weighted by Crippen LogP contribution is 2.30. The summed E-state index contributed by atoms with van der Waals surface area (Å²) in [5, 5.41) is 3.42. The van der Waals surface area contributed by atoms with Crippen molar-refractivity contribution >= 4 is 6.09 Å². The molecule has 4 heteroatoms. The Morgan fingerprint density at radius 3 is 2.18 bits per heavy atom. The number of carbonyl (C=O) groups excluding carboxylic acids is 1. The number of hydrogen-bond donors (Lipinski definition) is 1. The highest BCUT2D eigenvalue weighted by molar-refractivity contribution is 5.68. The van der Waals surface area contributed by atoms with Gasteiger partial charge in [-0.1, -0.05) is 0 Å². The number of carbonyl (C=O) groups is 1. The van der Waals surface area contributed by atoms with Gasteiger partial charge in [-0.15, -0.1) is 0 Å². The van der Waals surface area contributed by atoms with E-state index in [-0.39, 0.29) is 11.7 Å². The van der Waals surface area contributed by atoms with Crippen LogP contribution < -0.4 is 5.32 Å². The molecular weight excluding hydrogens is 216 g/mol. The minimum Gasteiger partial charge on any atom is -0.444 e. The highest BCUT2D eigenvalue weighted by atomic mass is 16.6. The third-order valence-electron chi connectivity index (χ3n) is 3.61. The van der Waals surface area contributed by atoms with Crippen molar-refractivity contribution in [3.8, 4) is 0 Å². The fourth-order valence-corrected chi connectivity index (χ4v) is 2.77. The molecule has 2 saturated heterocycles. The maximum atomic E-state index is 12.0. The second-order valence-electron chi connectivity index (χ2n) is 6.23. The van der Waals surface area contributed by atoms with Crippen molar-refractivity contribution in [3.63, 3.8) is 0 Å². The van der Waals surface area contributed by atoms with Crippen LogP contribution in [0.4, 0.5) is 4.79 Å². The average Bonchev–Trinajstić information content (AvgIpc) is 2.48. The van der Waals surface area contributed by atoms with Crippen LogP contribution in [-0.4, -0.2) is 42.8 Å². The van der Waals surface area contributed by atoms with Gasteiger partial charge in [-0.25, -0.2) is 4.79 Å². The van der Waals surface area contributed by atoms with E-state index >= 15 is 0 Å². The Balaban J connectivity index is 1.90. The van der Waals surface area contributed by atoms with Crippen LogP contribution >= 0.6 is 0 Å². The smallest absolute Gasteiger partial charge is 0.410 e. The van der Waals surface area contributed by atoms with E-state index in [9.17, 15) is 4.79 Å². The van der Waals surface area contributed by atoms with Gasteiger partial charge in [0.05, 0.1) is 0 Å². The summed E-state index contributed by atoms with van der Waals surface area (Å²) in [6, 6.07) is 0. The molecule has 4 nitrogen and oxygen atoms in total. The fourth-order valence-electron chi connectivity index (χ4n) is 2.77. The summed E-state index contributed by atoms with van der Waals surface area (Å²) >= 11 is 0. The molecule has 0 aliphatic carbocycles. The molecule has 17 heavy (non-hydrogen) atoms. The van der Waals surface area contributed by atoms with Gasteiger partial charge < -0.3 is 15.0 Å². The minimum absolute atomic E-state index is 0.140. The molecule has 2 aliphatic rings. The van der Waals surface area contributed by atoms with E-state index < -0.39 is 0 Å². The summed E-state index contributed by atoms with van der Waals surface area (Å²) in [6.07, 6.45) is 2.23. The van der Waals surface area contributed by atoms with Crippen molar-refractivity contribution in [2.24, 2.45) is 11.8 Å². The molecule has 2 aliphatic heterocycles. The van der Waals surface area contributed by atoms with E-state index in [1.807, 2.05) is 25.7 Å². The second-order valence-corrected chi connectivity index (χ2v) is 6.23. The fraction of sp³-hybridized carbons (Fsp3) is 0.923. The van der Waals surface area contributed by atoms with Crippen molar-refractivity contribution in [3.05, 3.63) is 0 Å². The van der Waals surface area contributed by atoms with E-state index in [1.165, 1.54) is 12.8 Å². The van der Waals surface area contributed by atoms with Gasteiger partial charge in [0.1, 0.15) is 5.60 Å². The molecule has 0 spiro atoms. The molecule has 1 N–H and O–H groups in total. The van der Waals surface area contributed by atoms with Gasteiger partial charge in [-0.2, -0.15) is 0 Å². The zero-order valence-corrected chi connectivity index (χ0v) is 11.2. The third-order valence-corrected chi connectivity index (χ3v) is 3.61. The first-order valence-corrected chi connectivity index (χ1v) is 6.64. The van der Waals surface area contributed by atoms with Crippen molar-refractivity contribution in [2.45, 2.75) is 39.2 Å². The summed E-state index contributed by atoms with van der Waals surface area (Å²) in [5.74, 6) is 1.33. The van der Waals surface area contributed by atoms with Gasteiger partial charge in [-0.05, 0) is 58.5 Å². The van der Waals surface area contributed by atoms with E-state index in [0.717, 1.165) is 26.2 Å². The largest absolute Gasteiger partial charge is 0.444 e. The maximum Gasteiger partial charge on any atom is 0.410 e. The Kier molecular flexibility index (Phi) is 3.61. The quantitative estimate of drug-likeness (QED) is 0.702. The van der Waals surface area contributed by atoms with Crippen LogP contribution in [0.5, 0.6) is 0 Å². The summed E-state index contributed by atoms with van der Waals surface area (Å²) < 4.78 is 5.43. The molecule has 0 unspecified atom stereocenters. The zero-order valence-electron chi connectivity index (χ0n) is 11.2. The Morgan fingerprint density at radius 2 is 1.71 bits per heavy atom. The standard InChI is InChI=1S/C13H24N2O2/c1-13(2,3)17-12(16)15-8-10-4-6-14-7-5-11(10)9-15/h10-11,14H,4-9H2,1-3H3/t10-,11-/m1/s1. The van der Waals surface area contributed by atoms with Crippen LogP contribution in [0.25, 0.3) is 0 Å². The SMILES string of the molecule is CC(C)(C)OC(=O)N1C[C@H]2CCNCC[C@@H]2C1. The summed E-state index contributed by atoms with van der Waals surface area (Å²) in [7, 11) is 0. The first kappa shape index (κ1) is 12.7. The molecule has 0 aromatic rings. The first-order chi connectivity index (χ1) is 7.96. The number of nitrogens with zero attached hydrogens (tertiary/aromatic N) is 1. The second kappa shape index (κ2) is 4.84. The number of ether oxygens (including phenoxy) is 1. The number of rotatable bonds is 0. The molecule has 0 saturated carbocycles. The Labute approximate surface area is 104 Å². The summed E-state index contributed by atoms with van der Waals surface area (Å²) in [5.41, 5.74) is -0.386. The lowest BCUT2D eigenvalue weighted by atomic mass is 9.92. The minimum atomic E-state index is -0.386. The van der Waals surface area contributed by atoms with Crippen LogP contribution in [0.15, 0.2) is 0 Å². The molecule has 1 amide bonds.